The topological polar surface area (TPSA) is 62.5 Å². The SMILES string of the molecule is CC(N=Cc1nccs1)C(=O)O. The van der Waals surface area contributed by atoms with Crippen molar-refractivity contribution in [3.05, 3.63) is 16.6 Å². The molecule has 4 nitrogen and oxygen atoms in total. The van der Waals surface area contributed by atoms with E-state index < -0.39 is 12.0 Å². The Hall–Kier alpha value is -1.23. The Morgan fingerprint density at radius 2 is 2.67 bits per heavy atom. The first-order valence-corrected chi connectivity index (χ1v) is 4.23. The molecule has 1 atom stereocenters. The van der Waals surface area contributed by atoms with Crippen molar-refractivity contribution in [2.24, 2.45) is 4.99 Å². The largest absolute Gasteiger partial charge is 0.480 e. The number of rotatable bonds is 3. The molecule has 1 N–H and O–H groups in total. The molecule has 0 aromatic carbocycles. The van der Waals surface area contributed by atoms with Gasteiger partial charge >= 0.3 is 5.97 Å². The van der Waals surface area contributed by atoms with Gasteiger partial charge in [0.15, 0.2) is 0 Å². The van der Waals surface area contributed by atoms with Gasteiger partial charge < -0.3 is 5.11 Å². The number of aliphatic carboxylic acids is 1. The van der Waals surface area contributed by atoms with E-state index in [0.29, 0.717) is 0 Å². The number of hydrogen-bond acceptors (Lipinski definition) is 4. The lowest BCUT2D eigenvalue weighted by Crippen LogP contribution is -2.12. The molecule has 1 aromatic heterocycles. The molecule has 0 amide bonds. The zero-order valence-electron chi connectivity index (χ0n) is 6.47. The third-order valence-electron chi connectivity index (χ3n) is 1.22. The van der Waals surface area contributed by atoms with Crippen LogP contribution >= 0.6 is 11.3 Å². The second-order valence-electron chi connectivity index (χ2n) is 2.16. The Morgan fingerprint density at radius 3 is 3.17 bits per heavy atom. The van der Waals surface area contributed by atoms with Crippen molar-refractivity contribution < 1.29 is 9.90 Å². The Kier molecular flexibility index (Phi) is 2.93. The molecule has 0 fully saturated rings. The molecular formula is C7H8N2O2S. The second kappa shape index (κ2) is 3.96. The van der Waals surface area contributed by atoms with Crippen LogP contribution in [0.4, 0.5) is 0 Å². The lowest BCUT2D eigenvalue weighted by Gasteiger charge is -1.95. The van der Waals surface area contributed by atoms with E-state index in [1.54, 1.807) is 6.20 Å². The fourth-order valence-electron chi connectivity index (χ4n) is 0.538. The summed E-state index contributed by atoms with van der Waals surface area (Å²) >= 11 is 1.42. The van der Waals surface area contributed by atoms with Crippen molar-refractivity contribution >= 4 is 23.5 Å². The van der Waals surface area contributed by atoms with E-state index in [1.807, 2.05) is 5.38 Å². The van der Waals surface area contributed by atoms with E-state index in [9.17, 15) is 4.79 Å². The monoisotopic (exact) mass is 184 g/mol. The lowest BCUT2D eigenvalue weighted by atomic mass is 10.4. The molecule has 0 bridgehead atoms. The number of carboxylic acids is 1. The van der Waals surface area contributed by atoms with Crippen LogP contribution in [0.2, 0.25) is 0 Å². The van der Waals surface area contributed by atoms with Crippen LogP contribution in [0.25, 0.3) is 0 Å². The highest BCUT2D eigenvalue weighted by atomic mass is 32.1. The summed E-state index contributed by atoms with van der Waals surface area (Å²) in [4.78, 5) is 18.0. The van der Waals surface area contributed by atoms with Crippen LogP contribution in [-0.2, 0) is 4.79 Å². The summed E-state index contributed by atoms with van der Waals surface area (Å²) in [7, 11) is 0. The van der Waals surface area contributed by atoms with Crippen LogP contribution in [0, 0.1) is 0 Å². The minimum atomic E-state index is -0.928. The summed E-state index contributed by atoms with van der Waals surface area (Å²) in [6, 6.07) is -0.700. The summed E-state index contributed by atoms with van der Waals surface area (Å²) in [5, 5.41) is 11.0. The number of nitrogens with zero attached hydrogens (tertiary/aromatic N) is 2. The molecule has 0 radical (unpaired) electrons. The lowest BCUT2D eigenvalue weighted by molar-refractivity contribution is -0.137. The molecular weight excluding hydrogens is 176 g/mol. The van der Waals surface area contributed by atoms with Crippen LogP contribution in [-0.4, -0.2) is 28.3 Å². The number of carboxylic acid groups (broad SMARTS) is 1. The van der Waals surface area contributed by atoms with Gasteiger partial charge in [0.25, 0.3) is 0 Å². The highest BCUT2D eigenvalue weighted by Gasteiger charge is 2.06. The molecule has 1 unspecified atom stereocenters. The zero-order chi connectivity index (χ0) is 8.97. The van der Waals surface area contributed by atoms with Crippen LogP contribution < -0.4 is 0 Å². The quantitative estimate of drug-likeness (QED) is 0.714. The van der Waals surface area contributed by atoms with Gasteiger partial charge in [-0.2, -0.15) is 0 Å². The number of carbonyl (C=O) groups is 1. The van der Waals surface area contributed by atoms with Gasteiger partial charge in [-0.25, -0.2) is 9.78 Å². The van der Waals surface area contributed by atoms with E-state index in [2.05, 4.69) is 9.98 Å². The first-order valence-electron chi connectivity index (χ1n) is 3.35. The molecule has 0 saturated heterocycles. The number of aromatic nitrogens is 1. The molecule has 1 heterocycles. The van der Waals surface area contributed by atoms with Gasteiger partial charge in [0.05, 0.1) is 6.21 Å². The van der Waals surface area contributed by atoms with Crippen molar-refractivity contribution in [3.63, 3.8) is 0 Å². The molecule has 64 valence electrons. The number of hydrogen-bond donors (Lipinski definition) is 1. The Labute approximate surface area is 73.6 Å². The molecule has 0 saturated carbocycles. The maximum absolute atomic E-state index is 10.3. The predicted molar refractivity (Wildman–Crippen MR) is 46.8 cm³/mol. The van der Waals surface area contributed by atoms with E-state index in [-0.39, 0.29) is 0 Å². The van der Waals surface area contributed by atoms with E-state index >= 15 is 0 Å². The van der Waals surface area contributed by atoms with Crippen molar-refractivity contribution in [3.8, 4) is 0 Å². The van der Waals surface area contributed by atoms with E-state index in [0.717, 1.165) is 5.01 Å². The maximum atomic E-state index is 10.3. The average molecular weight is 184 g/mol. The third kappa shape index (κ3) is 2.43. The van der Waals surface area contributed by atoms with Gasteiger partial charge in [-0.3, -0.25) is 4.99 Å². The predicted octanol–water partition coefficient (Wildman–Crippen LogP) is 1.04. The van der Waals surface area contributed by atoms with Gasteiger partial charge in [-0.05, 0) is 6.92 Å². The van der Waals surface area contributed by atoms with Crippen LogP contribution in [0.3, 0.4) is 0 Å². The highest BCUT2D eigenvalue weighted by molar-refractivity contribution is 7.11. The summed E-state index contributed by atoms with van der Waals surface area (Å²) < 4.78 is 0. The van der Waals surface area contributed by atoms with E-state index in [1.165, 1.54) is 24.5 Å². The third-order valence-corrected chi connectivity index (χ3v) is 1.93. The molecule has 0 aliphatic heterocycles. The second-order valence-corrected chi connectivity index (χ2v) is 3.09. The fourth-order valence-corrected chi connectivity index (χ4v) is 1.04. The van der Waals surface area contributed by atoms with Crippen molar-refractivity contribution in [1.29, 1.82) is 0 Å². The molecule has 1 aromatic rings. The molecule has 0 aliphatic rings. The smallest absolute Gasteiger partial charge is 0.328 e. The summed E-state index contributed by atoms with van der Waals surface area (Å²) in [6.45, 7) is 1.52. The van der Waals surface area contributed by atoms with Crippen molar-refractivity contribution in [2.75, 3.05) is 0 Å². The molecule has 0 aliphatic carbocycles. The van der Waals surface area contributed by atoms with Crippen LogP contribution in [0.15, 0.2) is 16.6 Å². The highest BCUT2D eigenvalue weighted by Crippen LogP contribution is 2.00. The van der Waals surface area contributed by atoms with Gasteiger partial charge in [0, 0.05) is 11.6 Å². The van der Waals surface area contributed by atoms with E-state index in [4.69, 9.17) is 5.11 Å². The first kappa shape index (κ1) is 8.86. The standard InChI is InChI=1S/C7H8N2O2S/c1-5(7(10)11)9-4-6-8-2-3-12-6/h2-5H,1H3,(H,10,11). The molecule has 5 heteroatoms. The summed E-state index contributed by atoms with van der Waals surface area (Å²) in [5.41, 5.74) is 0. The number of aliphatic imine (C=N–C) groups is 1. The fraction of sp³-hybridized carbons (Fsp3) is 0.286. The van der Waals surface area contributed by atoms with Crippen LogP contribution in [0.5, 0.6) is 0 Å². The minimum absolute atomic E-state index is 0.700. The molecule has 12 heavy (non-hydrogen) atoms. The maximum Gasteiger partial charge on any atom is 0.328 e. The summed E-state index contributed by atoms with van der Waals surface area (Å²) in [5.74, 6) is -0.928. The van der Waals surface area contributed by atoms with Gasteiger partial charge in [-0.1, -0.05) is 0 Å². The van der Waals surface area contributed by atoms with Gasteiger partial charge in [0.1, 0.15) is 11.0 Å². The normalized spacial score (nSPS) is 13.4. The van der Waals surface area contributed by atoms with Gasteiger partial charge in [0.2, 0.25) is 0 Å². The Bertz CT molecular complexity index is 282. The average Bonchev–Trinajstić information content (AvgIpc) is 2.51. The summed E-state index contributed by atoms with van der Waals surface area (Å²) in [6.07, 6.45) is 3.13. The molecule has 1 rings (SSSR count). The van der Waals surface area contributed by atoms with Crippen molar-refractivity contribution in [2.45, 2.75) is 13.0 Å². The zero-order valence-corrected chi connectivity index (χ0v) is 7.28. The first-order chi connectivity index (χ1) is 5.70. The van der Waals surface area contributed by atoms with Gasteiger partial charge in [-0.15, -0.1) is 11.3 Å². The van der Waals surface area contributed by atoms with Crippen LogP contribution in [0.1, 0.15) is 11.9 Å². The minimum Gasteiger partial charge on any atom is -0.480 e. The Balaban J connectivity index is 2.56. The molecule has 0 spiro atoms. The Morgan fingerprint density at radius 1 is 1.92 bits per heavy atom. The van der Waals surface area contributed by atoms with Crippen molar-refractivity contribution in [1.82, 2.24) is 4.98 Å². The number of thiazole rings is 1.